The molecule has 2 unspecified atom stereocenters. The number of rotatable bonds is 3. The van der Waals surface area contributed by atoms with E-state index in [2.05, 4.69) is 29.7 Å². The number of aryl methyl sites for hydroxylation is 3. The van der Waals surface area contributed by atoms with Gasteiger partial charge in [-0.15, -0.1) is 0 Å². The van der Waals surface area contributed by atoms with E-state index in [1.807, 2.05) is 26.8 Å². The molecule has 0 aliphatic carbocycles. The summed E-state index contributed by atoms with van der Waals surface area (Å²) in [5, 5.41) is 0. The van der Waals surface area contributed by atoms with E-state index < -0.39 is 0 Å². The van der Waals surface area contributed by atoms with Crippen LogP contribution in [-0.4, -0.2) is 46.1 Å². The van der Waals surface area contributed by atoms with E-state index in [9.17, 15) is 4.39 Å². The summed E-state index contributed by atoms with van der Waals surface area (Å²) in [7, 11) is 0. The highest BCUT2D eigenvalue weighted by Gasteiger charge is 2.42. The molecule has 0 N–H and O–H groups in total. The molecule has 2 aliphatic heterocycles. The summed E-state index contributed by atoms with van der Waals surface area (Å²) in [6.07, 6.45) is 2.06. The predicted molar refractivity (Wildman–Crippen MR) is 94.3 cm³/mol. The van der Waals surface area contributed by atoms with Gasteiger partial charge in [-0.05, 0) is 26.3 Å². The molecule has 6 nitrogen and oxygen atoms in total. The maximum atomic E-state index is 14.5. The van der Waals surface area contributed by atoms with Crippen LogP contribution < -0.4 is 9.80 Å². The van der Waals surface area contributed by atoms with E-state index in [1.54, 1.807) is 0 Å². The lowest BCUT2D eigenvalue weighted by Crippen LogP contribution is -2.31. The first-order valence-electron chi connectivity index (χ1n) is 8.86. The van der Waals surface area contributed by atoms with Crippen molar-refractivity contribution in [1.82, 2.24) is 19.9 Å². The van der Waals surface area contributed by atoms with Crippen molar-refractivity contribution in [2.75, 3.05) is 36.0 Å². The van der Waals surface area contributed by atoms with Gasteiger partial charge in [0.1, 0.15) is 6.33 Å². The Bertz CT molecular complexity index is 761. The van der Waals surface area contributed by atoms with Crippen LogP contribution in [0.4, 0.5) is 16.2 Å². The number of halogens is 1. The van der Waals surface area contributed by atoms with Crippen molar-refractivity contribution in [3.8, 4) is 0 Å². The zero-order valence-corrected chi connectivity index (χ0v) is 14.9. The quantitative estimate of drug-likeness (QED) is 0.852. The zero-order valence-electron chi connectivity index (χ0n) is 14.9. The van der Waals surface area contributed by atoms with Gasteiger partial charge in [0.2, 0.25) is 5.95 Å². The van der Waals surface area contributed by atoms with Crippen molar-refractivity contribution in [3.05, 3.63) is 35.3 Å². The van der Waals surface area contributed by atoms with Gasteiger partial charge in [0.25, 0.3) is 0 Å². The van der Waals surface area contributed by atoms with Crippen molar-refractivity contribution in [2.45, 2.75) is 27.2 Å². The largest absolute Gasteiger partial charge is 0.353 e. The SMILES string of the molecule is CCc1ncnc(N2CC3CN(c4nc(C)cc(C)n4)CC3C2)c1F. The Morgan fingerprint density at radius 2 is 1.60 bits per heavy atom. The van der Waals surface area contributed by atoms with Gasteiger partial charge in [-0.1, -0.05) is 6.92 Å². The summed E-state index contributed by atoms with van der Waals surface area (Å²) < 4.78 is 14.5. The number of nitrogens with zero attached hydrogens (tertiary/aromatic N) is 6. The number of fused-ring (bicyclic) bond motifs is 1. The van der Waals surface area contributed by atoms with Gasteiger partial charge in [-0.2, -0.15) is 0 Å². The van der Waals surface area contributed by atoms with Crippen molar-refractivity contribution >= 4 is 11.8 Å². The summed E-state index contributed by atoms with van der Waals surface area (Å²) >= 11 is 0. The van der Waals surface area contributed by atoms with Crippen LogP contribution >= 0.6 is 0 Å². The summed E-state index contributed by atoms with van der Waals surface area (Å²) in [4.78, 5) is 21.7. The minimum Gasteiger partial charge on any atom is -0.353 e. The van der Waals surface area contributed by atoms with Crippen LogP contribution in [0.1, 0.15) is 24.0 Å². The Morgan fingerprint density at radius 3 is 2.20 bits per heavy atom. The highest BCUT2D eigenvalue weighted by atomic mass is 19.1. The Kier molecular flexibility index (Phi) is 4.01. The monoisotopic (exact) mass is 342 g/mol. The maximum Gasteiger partial charge on any atom is 0.225 e. The molecule has 2 aromatic rings. The topological polar surface area (TPSA) is 58.0 Å². The highest BCUT2D eigenvalue weighted by Crippen LogP contribution is 2.35. The average molecular weight is 342 g/mol. The number of hydrogen-bond acceptors (Lipinski definition) is 6. The molecule has 7 heteroatoms. The Balaban J connectivity index is 1.49. The Morgan fingerprint density at radius 1 is 1.00 bits per heavy atom. The standard InChI is InChI=1S/C18H23FN6/c1-4-15-16(19)17(21-10-20-15)24-6-13-8-25(9-14(13)7-24)18-22-11(2)5-12(3)23-18/h5,10,13-14H,4,6-9H2,1-3H3. The van der Waals surface area contributed by atoms with Gasteiger partial charge in [-0.25, -0.2) is 24.3 Å². The van der Waals surface area contributed by atoms with E-state index >= 15 is 0 Å². The number of anilines is 2. The minimum absolute atomic E-state index is 0.264. The molecular weight excluding hydrogens is 319 g/mol. The second kappa shape index (κ2) is 6.20. The molecule has 2 fully saturated rings. The van der Waals surface area contributed by atoms with Crippen molar-refractivity contribution in [3.63, 3.8) is 0 Å². The van der Waals surface area contributed by atoms with Crippen LogP contribution in [0.5, 0.6) is 0 Å². The molecule has 0 spiro atoms. The summed E-state index contributed by atoms with van der Waals surface area (Å²) in [6.45, 7) is 9.39. The van der Waals surface area contributed by atoms with Crippen LogP contribution in [-0.2, 0) is 6.42 Å². The molecule has 4 heterocycles. The van der Waals surface area contributed by atoms with E-state index in [-0.39, 0.29) is 5.82 Å². The zero-order chi connectivity index (χ0) is 17.6. The lowest BCUT2D eigenvalue weighted by atomic mass is 10.0. The summed E-state index contributed by atoms with van der Waals surface area (Å²) in [5.41, 5.74) is 2.49. The highest BCUT2D eigenvalue weighted by molar-refractivity contribution is 5.45. The molecule has 0 aromatic carbocycles. The van der Waals surface area contributed by atoms with Crippen molar-refractivity contribution in [2.24, 2.45) is 11.8 Å². The molecule has 132 valence electrons. The number of hydrogen-bond donors (Lipinski definition) is 0. The molecule has 4 rings (SSSR count). The summed E-state index contributed by atoms with van der Waals surface area (Å²) in [6, 6.07) is 1.99. The van der Waals surface area contributed by atoms with Crippen LogP contribution in [0, 0.1) is 31.5 Å². The molecule has 2 aliphatic rings. The fourth-order valence-corrected chi connectivity index (χ4v) is 4.04. The van der Waals surface area contributed by atoms with Gasteiger partial charge in [0, 0.05) is 49.4 Å². The smallest absolute Gasteiger partial charge is 0.225 e. The third-order valence-electron chi connectivity index (χ3n) is 5.22. The van der Waals surface area contributed by atoms with Gasteiger partial charge in [-0.3, -0.25) is 0 Å². The second-order valence-corrected chi connectivity index (χ2v) is 7.09. The molecule has 0 amide bonds. The Hall–Kier alpha value is -2.31. The maximum absolute atomic E-state index is 14.5. The van der Waals surface area contributed by atoms with Gasteiger partial charge >= 0.3 is 0 Å². The fourth-order valence-electron chi connectivity index (χ4n) is 4.04. The molecular formula is C18H23FN6. The van der Waals surface area contributed by atoms with Crippen molar-refractivity contribution < 1.29 is 4.39 Å². The molecule has 0 radical (unpaired) electrons. The predicted octanol–water partition coefficient (Wildman–Crippen LogP) is 2.16. The van der Waals surface area contributed by atoms with Crippen LogP contribution in [0.15, 0.2) is 12.4 Å². The third-order valence-corrected chi connectivity index (χ3v) is 5.22. The van der Waals surface area contributed by atoms with Crippen molar-refractivity contribution in [1.29, 1.82) is 0 Å². The molecule has 0 saturated carbocycles. The first-order chi connectivity index (χ1) is 12.0. The van der Waals surface area contributed by atoms with Gasteiger partial charge < -0.3 is 9.80 Å². The fraction of sp³-hybridized carbons (Fsp3) is 0.556. The van der Waals surface area contributed by atoms with Crippen LogP contribution in [0.3, 0.4) is 0 Å². The van der Waals surface area contributed by atoms with Gasteiger partial charge in [0.15, 0.2) is 11.6 Å². The molecule has 2 saturated heterocycles. The lowest BCUT2D eigenvalue weighted by Gasteiger charge is -2.23. The minimum atomic E-state index is -0.264. The molecule has 2 aromatic heterocycles. The lowest BCUT2D eigenvalue weighted by molar-refractivity contribution is 0.533. The first-order valence-corrected chi connectivity index (χ1v) is 8.86. The third kappa shape index (κ3) is 2.92. The molecule has 25 heavy (non-hydrogen) atoms. The molecule has 2 atom stereocenters. The van der Waals surface area contributed by atoms with E-state index in [0.29, 0.717) is 29.8 Å². The van der Waals surface area contributed by atoms with E-state index in [1.165, 1.54) is 6.33 Å². The van der Waals surface area contributed by atoms with Crippen LogP contribution in [0.25, 0.3) is 0 Å². The Labute approximate surface area is 147 Å². The average Bonchev–Trinajstić information content (AvgIpc) is 3.13. The first kappa shape index (κ1) is 16.2. The normalized spacial score (nSPS) is 22.6. The summed E-state index contributed by atoms with van der Waals surface area (Å²) in [5.74, 6) is 1.99. The second-order valence-electron chi connectivity index (χ2n) is 7.09. The van der Waals surface area contributed by atoms with Gasteiger partial charge in [0.05, 0.1) is 5.69 Å². The van der Waals surface area contributed by atoms with Crippen LogP contribution in [0.2, 0.25) is 0 Å². The van der Waals surface area contributed by atoms with E-state index in [4.69, 9.17) is 0 Å². The number of aromatic nitrogens is 4. The molecule has 0 bridgehead atoms. The van der Waals surface area contributed by atoms with E-state index in [0.717, 1.165) is 43.5 Å².